The van der Waals surface area contributed by atoms with Crippen LogP contribution in [0.2, 0.25) is 0 Å². The van der Waals surface area contributed by atoms with E-state index in [0.29, 0.717) is 0 Å². The Morgan fingerprint density at radius 3 is 2.38 bits per heavy atom. The lowest BCUT2D eigenvalue weighted by Crippen LogP contribution is -1.90. The molecule has 1 nitrogen and oxygen atoms in total. The summed E-state index contributed by atoms with van der Waals surface area (Å²) in [6, 6.07) is 0. The molecule has 0 radical (unpaired) electrons. The van der Waals surface area contributed by atoms with E-state index in [1.807, 2.05) is 13.3 Å². The third-order valence-corrected chi connectivity index (χ3v) is 2.39. The lowest BCUT2D eigenvalue weighted by molar-refractivity contribution is 0.700. The normalized spacial score (nSPS) is 13.5. The first-order valence-electron chi connectivity index (χ1n) is 5.37. The first-order chi connectivity index (χ1) is 6.26. The highest BCUT2D eigenvalue weighted by molar-refractivity contribution is 5.78. The van der Waals surface area contributed by atoms with E-state index in [4.69, 9.17) is 0 Å². The van der Waals surface area contributed by atoms with Crippen LogP contribution in [0.15, 0.2) is 16.1 Å². The van der Waals surface area contributed by atoms with Gasteiger partial charge in [0.05, 0.1) is 0 Å². The van der Waals surface area contributed by atoms with Crippen LogP contribution in [-0.2, 0) is 0 Å². The van der Waals surface area contributed by atoms with Crippen molar-refractivity contribution < 1.29 is 0 Å². The van der Waals surface area contributed by atoms with Crippen molar-refractivity contribution in [2.75, 3.05) is 7.05 Å². The van der Waals surface area contributed by atoms with E-state index in [0.717, 1.165) is 0 Å². The van der Waals surface area contributed by atoms with Crippen LogP contribution in [0.4, 0.5) is 0 Å². The molecule has 0 saturated heterocycles. The van der Waals surface area contributed by atoms with Crippen molar-refractivity contribution >= 4 is 6.21 Å². The highest BCUT2D eigenvalue weighted by atomic mass is 14.6. The van der Waals surface area contributed by atoms with Crippen molar-refractivity contribution in [2.24, 2.45) is 4.99 Å². The molecule has 0 aromatic heterocycles. The molecule has 0 saturated carbocycles. The van der Waals surface area contributed by atoms with Crippen LogP contribution in [0.3, 0.4) is 0 Å². The zero-order chi connectivity index (χ0) is 10.1. The molecule has 0 atom stereocenters. The zero-order valence-electron chi connectivity index (χ0n) is 9.56. The molecule has 0 unspecified atom stereocenters. The second-order valence-electron chi connectivity index (χ2n) is 3.48. The van der Waals surface area contributed by atoms with Crippen molar-refractivity contribution in [2.45, 2.75) is 52.9 Å². The molecule has 0 rings (SSSR count). The van der Waals surface area contributed by atoms with Gasteiger partial charge in [-0.3, -0.25) is 4.99 Å². The van der Waals surface area contributed by atoms with Gasteiger partial charge >= 0.3 is 0 Å². The summed E-state index contributed by atoms with van der Waals surface area (Å²) in [5.74, 6) is 0. The number of aliphatic imine (C=N–C) groups is 1. The Hall–Kier alpha value is -0.590. The van der Waals surface area contributed by atoms with Crippen LogP contribution in [0.25, 0.3) is 0 Å². The summed E-state index contributed by atoms with van der Waals surface area (Å²) in [7, 11) is 1.84. The van der Waals surface area contributed by atoms with E-state index in [1.165, 1.54) is 37.7 Å². The van der Waals surface area contributed by atoms with Crippen LogP contribution in [0.5, 0.6) is 0 Å². The van der Waals surface area contributed by atoms with Crippen molar-refractivity contribution in [3.05, 3.63) is 11.1 Å². The Morgan fingerprint density at radius 1 is 1.23 bits per heavy atom. The maximum absolute atomic E-state index is 4.05. The molecule has 0 spiro atoms. The average Bonchev–Trinajstić information content (AvgIpc) is 2.13. The van der Waals surface area contributed by atoms with E-state index < -0.39 is 0 Å². The number of hydrogen-bond acceptors (Lipinski definition) is 1. The fraction of sp³-hybridized carbons (Fsp3) is 0.750. The second kappa shape index (κ2) is 8.03. The van der Waals surface area contributed by atoms with E-state index in [9.17, 15) is 0 Å². The van der Waals surface area contributed by atoms with Gasteiger partial charge in [0.1, 0.15) is 0 Å². The van der Waals surface area contributed by atoms with Crippen LogP contribution < -0.4 is 0 Å². The Balaban J connectivity index is 4.06. The molecule has 0 aromatic carbocycles. The lowest BCUT2D eigenvalue weighted by Gasteiger charge is -2.06. The predicted molar refractivity (Wildman–Crippen MR) is 61.5 cm³/mol. The van der Waals surface area contributed by atoms with Gasteiger partial charge in [-0.2, -0.15) is 0 Å². The lowest BCUT2D eigenvalue weighted by atomic mass is 10.0. The summed E-state index contributed by atoms with van der Waals surface area (Å²) >= 11 is 0. The molecule has 1 heteroatoms. The quantitative estimate of drug-likeness (QED) is 0.434. The number of hydrogen-bond donors (Lipinski definition) is 0. The number of allylic oxidation sites excluding steroid dienone is 2. The summed E-state index contributed by atoms with van der Waals surface area (Å²) in [6.07, 6.45) is 8.38. The largest absolute Gasteiger partial charge is 0.296 e. The minimum atomic E-state index is 1.17. The molecule has 0 aliphatic heterocycles. The van der Waals surface area contributed by atoms with Crippen LogP contribution >= 0.6 is 0 Å². The first-order valence-corrected chi connectivity index (χ1v) is 5.37. The summed E-state index contributed by atoms with van der Waals surface area (Å²) in [5, 5.41) is 0. The first kappa shape index (κ1) is 12.4. The minimum absolute atomic E-state index is 1.17. The van der Waals surface area contributed by atoms with Gasteiger partial charge in [-0.1, -0.05) is 32.3 Å². The van der Waals surface area contributed by atoms with E-state index in [-0.39, 0.29) is 0 Å². The van der Waals surface area contributed by atoms with Gasteiger partial charge in [0.2, 0.25) is 0 Å². The minimum Gasteiger partial charge on any atom is -0.296 e. The fourth-order valence-corrected chi connectivity index (χ4v) is 1.53. The standard InChI is InChI=1S/C12H23N/c1-5-7-8-9-12(6-2)11(3)10-13-4/h10H,5-9H2,1-4H3/b12-11+,13-10-. The summed E-state index contributed by atoms with van der Waals surface area (Å²) in [5.41, 5.74) is 2.93. The molecule has 0 heterocycles. The summed E-state index contributed by atoms with van der Waals surface area (Å²) in [6.45, 7) is 6.64. The van der Waals surface area contributed by atoms with Crippen molar-refractivity contribution in [3.63, 3.8) is 0 Å². The highest BCUT2D eigenvalue weighted by Crippen LogP contribution is 2.15. The Morgan fingerprint density at radius 2 is 1.92 bits per heavy atom. The van der Waals surface area contributed by atoms with Gasteiger partial charge in [-0.05, 0) is 31.8 Å². The van der Waals surface area contributed by atoms with Gasteiger partial charge in [0.25, 0.3) is 0 Å². The predicted octanol–water partition coefficient (Wildman–Crippen LogP) is 3.99. The Labute approximate surface area is 83.0 Å². The second-order valence-corrected chi connectivity index (χ2v) is 3.48. The Kier molecular flexibility index (Phi) is 7.66. The molecule has 0 bridgehead atoms. The Bertz CT molecular complexity index is 178. The zero-order valence-corrected chi connectivity index (χ0v) is 9.56. The molecule has 0 fully saturated rings. The fourth-order valence-electron chi connectivity index (χ4n) is 1.53. The van der Waals surface area contributed by atoms with E-state index in [2.05, 4.69) is 25.8 Å². The number of unbranched alkanes of at least 4 members (excludes halogenated alkanes) is 2. The third kappa shape index (κ3) is 5.62. The van der Waals surface area contributed by atoms with Crippen molar-refractivity contribution in [1.29, 1.82) is 0 Å². The average molecular weight is 181 g/mol. The maximum Gasteiger partial charge on any atom is 0.0277 e. The summed E-state index contributed by atoms with van der Waals surface area (Å²) < 4.78 is 0. The molecule has 76 valence electrons. The van der Waals surface area contributed by atoms with Gasteiger partial charge in [-0.15, -0.1) is 0 Å². The van der Waals surface area contributed by atoms with E-state index in [1.54, 1.807) is 5.57 Å². The van der Waals surface area contributed by atoms with Crippen LogP contribution in [0.1, 0.15) is 52.9 Å². The molecule has 0 N–H and O–H groups in total. The van der Waals surface area contributed by atoms with Crippen LogP contribution in [-0.4, -0.2) is 13.3 Å². The van der Waals surface area contributed by atoms with Crippen molar-refractivity contribution in [1.82, 2.24) is 0 Å². The maximum atomic E-state index is 4.05. The highest BCUT2D eigenvalue weighted by Gasteiger charge is 1.98. The van der Waals surface area contributed by atoms with Gasteiger partial charge in [-0.25, -0.2) is 0 Å². The van der Waals surface area contributed by atoms with Crippen LogP contribution in [0, 0.1) is 0 Å². The molecular formula is C12H23N. The van der Waals surface area contributed by atoms with Crippen molar-refractivity contribution in [3.8, 4) is 0 Å². The SMILES string of the molecule is CCCCC/C(CC)=C(C)/C=N\C. The summed E-state index contributed by atoms with van der Waals surface area (Å²) in [4.78, 5) is 4.05. The third-order valence-electron chi connectivity index (χ3n) is 2.39. The molecule has 13 heavy (non-hydrogen) atoms. The number of rotatable bonds is 6. The number of nitrogens with zero attached hydrogens (tertiary/aromatic N) is 1. The molecule has 0 amide bonds. The molecule has 0 aliphatic rings. The topological polar surface area (TPSA) is 12.4 Å². The molecule has 0 aliphatic carbocycles. The van der Waals surface area contributed by atoms with Gasteiger partial charge in [0.15, 0.2) is 0 Å². The van der Waals surface area contributed by atoms with Gasteiger partial charge < -0.3 is 0 Å². The smallest absolute Gasteiger partial charge is 0.0277 e. The molecular weight excluding hydrogens is 158 g/mol. The molecule has 0 aromatic rings. The van der Waals surface area contributed by atoms with Gasteiger partial charge in [0, 0.05) is 13.3 Å². The monoisotopic (exact) mass is 181 g/mol. The van der Waals surface area contributed by atoms with E-state index >= 15 is 0 Å².